The molecule has 2 N–H and O–H groups in total. The highest BCUT2D eigenvalue weighted by Gasteiger charge is 2.31. The van der Waals surface area contributed by atoms with Crippen molar-refractivity contribution in [2.45, 2.75) is 45.2 Å². The maximum absolute atomic E-state index is 12.6. The number of rotatable bonds is 7. The normalized spacial score (nSPS) is 11.6. The first-order chi connectivity index (χ1) is 8.93. The molecule has 0 heterocycles. The molecule has 0 bridgehead atoms. The molecule has 19 heavy (non-hydrogen) atoms. The number of hydrogen-bond acceptors (Lipinski definition) is 2. The van der Waals surface area contributed by atoms with Gasteiger partial charge in [0.25, 0.3) is 0 Å². The predicted molar refractivity (Wildman–Crippen MR) is 70.1 cm³/mol. The molecule has 0 aliphatic heterocycles. The van der Waals surface area contributed by atoms with E-state index in [-0.39, 0.29) is 11.4 Å². The fourth-order valence-electron chi connectivity index (χ4n) is 1.76. The molecule has 0 fully saturated rings. The highest BCUT2D eigenvalue weighted by atomic mass is 19.4. The fourth-order valence-corrected chi connectivity index (χ4v) is 1.76. The van der Waals surface area contributed by atoms with Crippen LogP contribution in [0.4, 0.5) is 18.9 Å². The second kappa shape index (κ2) is 7.26. The number of ether oxygens (including phenoxy) is 1. The minimum atomic E-state index is -4.39. The van der Waals surface area contributed by atoms with Crippen molar-refractivity contribution in [2.75, 3.05) is 12.3 Å². The first-order valence-corrected chi connectivity index (χ1v) is 6.54. The van der Waals surface area contributed by atoms with Gasteiger partial charge in [-0.2, -0.15) is 13.2 Å². The fraction of sp³-hybridized carbons (Fsp3) is 0.571. The standard InChI is InChI=1S/C14H20F3NO/c1-2-3-4-5-6-7-19-13-9-11(14(15,16)17)8-12(18)10-13/h8-10H,2-7,18H2,1H3. The Morgan fingerprint density at radius 1 is 1.05 bits per heavy atom. The van der Waals surface area contributed by atoms with Gasteiger partial charge in [0.1, 0.15) is 5.75 Å². The van der Waals surface area contributed by atoms with Gasteiger partial charge in [-0.1, -0.05) is 32.6 Å². The van der Waals surface area contributed by atoms with E-state index in [1.807, 2.05) is 0 Å². The highest BCUT2D eigenvalue weighted by Crippen LogP contribution is 2.33. The van der Waals surface area contributed by atoms with Crippen molar-refractivity contribution < 1.29 is 17.9 Å². The molecule has 0 saturated heterocycles. The molecule has 2 nitrogen and oxygen atoms in total. The Morgan fingerprint density at radius 3 is 2.37 bits per heavy atom. The summed E-state index contributed by atoms with van der Waals surface area (Å²) in [7, 11) is 0. The summed E-state index contributed by atoms with van der Waals surface area (Å²) in [5.74, 6) is 0.183. The molecular weight excluding hydrogens is 255 g/mol. The number of benzene rings is 1. The number of anilines is 1. The van der Waals surface area contributed by atoms with Crippen molar-refractivity contribution >= 4 is 5.69 Å². The minimum Gasteiger partial charge on any atom is -0.494 e. The largest absolute Gasteiger partial charge is 0.494 e. The summed E-state index contributed by atoms with van der Waals surface area (Å²) in [6, 6.07) is 3.32. The molecule has 5 heteroatoms. The first kappa shape index (κ1) is 15.7. The van der Waals surface area contributed by atoms with Gasteiger partial charge in [-0.05, 0) is 18.6 Å². The SMILES string of the molecule is CCCCCCCOc1cc(N)cc(C(F)(F)F)c1. The van der Waals surface area contributed by atoms with Gasteiger partial charge in [-0.25, -0.2) is 0 Å². The third kappa shape index (κ3) is 5.85. The van der Waals surface area contributed by atoms with Crippen LogP contribution in [0.15, 0.2) is 18.2 Å². The van der Waals surface area contributed by atoms with Crippen LogP contribution in [0.25, 0.3) is 0 Å². The lowest BCUT2D eigenvalue weighted by molar-refractivity contribution is -0.137. The molecule has 1 aromatic rings. The van der Waals surface area contributed by atoms with Gasteiger partial charge < -0.3 is 10.5 Å². The Bertz CT molecular complexity index is 391. The molecular formula is C14H20F3NO. The predicted octanol–water partition coefficient (Wildman–Crippen LogP) is 4.64. The van der Waals surface area contributed by atoms with Crippen molar-refractivity contribution in [2.24, 2.45) is 0 Å². The summed E-state index contributed by atoms with van der Waals surface area (Å²) in [5.41, 5.74) is 4.74. The third-order valence-electron chi connectivity index (χ3n) is 2.77. The van der Waals surface area contributed by atoms with Crippen LogP contribution >= 0.6 is 0 Å². The Balaban J connectivity index is 2.48. The van der Waals surface area contributed by atoms with Crippen molar-refractivity contribution in [3.8, 4) is 5.75 Å². The summed E-state index contributed by atoms with van der Waals surface area (Å²) in [5, 5.41) is 0. The Morgan fingerprint density at radius 2 is 1.74 bits per heavy atom. The van der Waals surface area contributed by atoms with E-state index in [1.54, 1.807) is 0 Å². The number of hydrogen-bond donors (Lipinski definition) is 1. The highest BCUT2D eigenvalue weighted by molar-refractivity contribution is 5.48. The van der Waals surface area contributed by atoms with Crippen LogP contribution in [0.1, 0.15) is 44.6 Å². The Labute approximate surface area is 111 Å². The lowest BCUT2D eigenvalue weighted by Crippen LogP contribution is -2.07. The van der Waals surface area contributed by atoms with Gasteiger partial charge in [0.05, 0.1) is 12.2 Å². The van der Waals surface area contributed by atoms with E-state index in [4.69, 9.17) is 10.5 Å². The summed E-state index contributed by atoms with van der Waals surface area (Å²) in [6.07, 6.45) is 0.944. The first-order valence-electron chi connectivity index (χ1n) is 6.54. The van der Waals surface area contributed by atoms with Crippen molar-refractivity contribution in [1.29, 1.82) is 0 Å². The molecule has 1 aromatic carbocycles. The lowest BCUT2D eigenvalue weighted by Gasteiger charge is -2.11. The van der Waals surface area contributed by atoms with E-state index in [0.717, 1.165) is 37.8 Å². The average molecular weight is 275 g/mol. The smallest absolute Gasteiger partial charge is 0.416 e. The van der Waals surface area contributed by atoms with Crippen molar-refractivity contribution in [1.82, 2.24) is 0 Å². The molecule has 108 valence electrons. The third-order valence-corrected chi connectivity index (χ3v) is 2.77. The quantitative estimate of drug-likeness (QED) is 0.581. The van der Waals surface area contributed by atoms with Gasteiger partial charge in [0.2, 0.25) is 0 Å². The number of nitrogen functional groups attached to an aromatic ring is 1. The lowest BCUT2D eigenvalue weighted by atomic mass is 10.1. The maximum atomic E-state index is 12.6. The zero-order valence-corrected chi connectivity index (χ0v) is 11.1. The average Bonchev–Trinajstić information content (AvgIpc) is 2.32. The second-order valence-electron chi connectivity index (χ2n) is 4.55. The molecule has 0 unspecified atom stereocenters. The number of halogens is 3. The molecule has 0 spiro atoms. The second-order valence-corrected chi connectivity index (χ2v) is 4.55. The molecule has 0 aliphatic rings. The molecule has 0 aliphatic carbocycles. The van der Waals surface area contributed by atoms with E-state index in [0.29, 0.717) is 6.61 Å². The Hall–Kier alpha value is -1.39. The molecule has 0 radical (unpaired) electrons. The van der Waals surface area contributed by atoms with Crippen LogP contribution in [0.5, 0.6) is 5.75 Å². The number of nitrogens with two attached hydrogens (primary N) is 1. The van der Waals surface area contributed by atoms with E-state index in [9.17, 15) is 13.2 Å². The van der Waals surface area contributed by atoms with E-state index in [1.165, 1.54) is 12.5 Å². The molecule has 0 amide bonds. The van der Waals surface area contributed by atoms with Crippen LogP contribution < -0.4 is 10.5 Å². The molecule has 0 aromatic heterocycles. The summed E-state index contributed by atoms with van der Waals surface area (Å²) >= 11 is 0. The van der Waals surface area contributed by atoms with Crippen molar-refractivity contribution in [3.05, 3.63) is 23.8 Å². The van der Waals surface area contributed by atoms with E-state index < -0.39 is 11.7 Å². The van der Waals surface area contributed by atoms with Gasteiger partial charge in [0, 0.05) is 11.8 Å². The number of alkyl halides is 3. The summed E-state index contributed by atoms with van der Waals surface area (Å²) in [4.78, 5) is 0. The van der Waals surface area contributed by atoms with Crippen LogP contribution in [-0.4, -0.2) is 6.61 Å². The summed E-state index contributed by atoms with van der Waals surface area (Å²) in [6.45, 7) is 2.55. The minimum absolute atomic E-state index is 0.0656. The van der Waals surface area contributed by atoms with Gasteiger partial charge in [0.15, 0.2) is 0 Å². The zero-order valence-electron chi connectivity index (χ0n) is 11.1. The summed E-state index contributed by atoms with van der Waals surface area (Å²) < 4.78 is 43.0. The van der Waals surface area contributed by atoms with Crippen LogP contribution in [0.2, 0.25) is 0 Å². The van der Waals surface area contributed by atoms with Gasteiger partial charge in [-0.15, -0.1) is 0 Å². The van der Waals surface area contributed by atoms with Gasteiger partial charge >= 0.3 is 6.18 Å². The Kier molecular flexibility index (Phi) is 5.99. The molecule has 0 saturated carbocycles. The topological polar surface area (TPSA) is 35.2 Å². The zero-order chi connectivity index (χ0) is 14.3. The van der Waals surface area contributed by atoms with Crippen molar-refractivity contribution in [3.63, 3.8) is 0 Å². The monoisotopic (exact) mass is 275 g/mol. The van der Waals surface area contributed by atoms with Crippen LogP contribution in [0, 0.1) is 0 Å². The van der Waals surface area contributed by atoms with Gasteiger partial charge in [-0.3, -0.25) is 0 Å². The van der Waals surface area contributed by atoms with E-state index >= 15 is 0 Å². The van der Waals surface area contributed by atoms with Crippen LogP contribution in [-0.2, 0) is 6.18 Å². The molecule has 0 atom stereocenters. The number of unbranched alkanes of at least 4 members (excludes halogenated alkanes) is 4. The maximum Gasteiger partial charge on any atom is 0.416 e. The molecule has 1 rings (SSSR count). The van der Waals surface area contributed by atoms with Crippen LogP contribution in [0.3, 0.4) is 0 Å². The van der Waals surface area contributed by atoms with E-state index in [2.05, 4.69) is 6.92 Å².